The van der Waals surface area contributed by atoms with E-state index in [1.165, 1.54) is 6.07 Å². The SMILES string of the molecule is NC(N)=NC(=S)NC(=O)N1CCC(Cc2ccc(Cl)cc2F)CC1. The molecule has 0 unspecified atom stereocenters. The van der Waals surface area contributed by atoms with Crippen molar-refractivity contribution in [3.05, 3.63) is 34.6 Å². The Morgan fingerprint density at radius 3 is 2.67 bits per heavy atom. The number of halogens is 2. The Bertz CT molecular complexity index is 657. The van der Waals surface area contributed by atoms with E-state index >= 15 is 0 Å². The third-order valence-electron chi connectivity index (χ3n) is 3.87. The first-order valence-corrected chi connectivity index (χ1v) is 8.27. The Balaban J connectivity index is 1.83. The number of carbonyl (C=O) groups excluding carboxylic acids is 1. The Hall–Kier alpha value is -1.93. The van der Waals surface area contributed by atoms with Gasteiger partial charge in [-0.1, -0.05) is 17.7 Å². The molecule has 0 bridgehead atoms. The average Bonchev–Trinajstić information content (AvgIpc) is 2.50. The molecule has 130 valence electrons. The van der Waals surface area contributed by atoms with Crippen molar-refractivity contribution in [1.82, 2.24) is 10.2 Å². The summed E-state index contributed by atoms with van der Waals surface area (Å²) in [5.41, 5.74) is 11.0. The topological polar surface area (TPSA) is 96.7 Å². The predicted octanol–water partition coefficient (Wildman–Crippen LogP) is 2.00. The largest absolute Gasteiger partial charge is 0.370 e. The van der Waals surface area contributed by atoms with E-state index in [0.717, 1.165) is 12.8 Å². The summed E-state index contributed by atoms with van der Waals surface area (Å²) in [5, 5.41) is 2.78. The number of rotatable bonds is 2. The molecule has 1 heterocycles. The Morgan fingerprint density at radius 1 is 1.42 bits per heavy atom. The average molecular weight is 372 g/mol. The van der Waals surface area contributed by atoms with Gasteiger partial charge in [0, 0.05) is 18.1 Å². The van der Waals surface area contributed by atoms with Gasteiger partial charge in [0.1, 0.15) is 5.82 Å². The first-order chi connectivity index (χ1) is 11.3. The minimum Gasteiger partial charge on any atom is -0.370 e. The summed E-state index contributed by atoms with van der Waals surface area (Å²) < 4.78 is 13.9. The standard InChI is InChI=1S/C15H19ClFN5OS/c16-11-2-1-10(12(17)8-11)7-9-3-5-22(6-4-9)15(23)21-14(24)20-13(18)19/h1-2,8-9H,3-7H2,(H5,18,19,20,21,23,24). The highest BCUT2D eigenvalue weighted by atomic mass is 35.5. The molecule has 1 saturated heterocycles. The summed E-state index contributed by atoms with van der Waals surface area (Å²) in [6.45, 7) is 1.13. The molecule has 1 fully saturated rings. The van der Waals surface area contributed by atoms with E-state index in [9.17, 15) is 9.18 Å². The molecule has 0 saturated carbocycles. The number of hydrogen-bond donors (Lipinski definition) is 3. The Morgan fingerprint density at radius 2 is 2.08 bits per heavy atom. The fourth-order valence-corrected chi connectivity index (χ4v) is 3.01. The summed E-state index contributed by atoms with van der Waals surface area (Å²) in [6, 6.07) is 4.39. The van der Waals surface area contributed by atoms with Gasteiger partial charge in [-0.25, -0.2) is 9.18 Å². The van der Waals surface area contributed by atoms with Crippen LogP contribution in [0.4, 0.5) is 9.18 Å². The highest BCUT2D eigenvalue weighted by Crippen LogP contribution is 2.24. The second-order valence-corrected chi connectivity index (χ2v) is 6.47. The predicted molar refractivity (Wildman–Crippen MR) is 96.4 cm³/mol. The maximum Gasteiger partial charge on any atom is 0.323 e. The zero-order valence-electron chi connectivity index (χ0n) is 13.0. The minimum absolute atomic E-state index is 0.0645. The number of urea groups is 1. The number of guanidine groups is 1. The van der Waals surface area contributed by atoms with Crippen molar-refractivity contribution in [2.45, 2.75) is 19.3 Å². The molecule has 1 aromatic rings. The molecule has 0 radical (unpaired) electrons. The number of nitrogens with one attached hydrogen (secondary N) is 1. The molecule has 2 amide bonds. The van der Waals surface area contributed by atoms with Crippen LogP contribution in [0, 0.1) is 11.7 Å². The molecular formula is C15H19ClFN5OS. The Labute approximate surface area is 150 Å². The van der Waals surface area contributed by atoms with Crippen molar-refractivity contribution in [3.63, 3.8) is 0 Å². The molecule has 0 atom stereocenters. The van der Waals surface area contributed by atoms with Gasteiger partial charge in [-0.15, -0.1) is 0 Å². The summed E-state index contributed by atoms with van der Waals surface area (Å²) in [6.07, 6.45) is 2.19. The normalized spacial score (nSPS) is 15.0. The number of aliphatic imine (C=N–C) groups is 1. The lowest BCUT2D eigenvalue weighted by Gasteiger charge is -2.32. The van der Waals surface area contributed by atoms with Gasteiger partial charge < -0.3 is 16.4 Å². The van der Waals surface area contributed by atoms with Crippen molar-refractivity contribution in [1.29, 1.82) is 0 Å². The second-order valence-electron chi connectivity index (χ2n) is 5.64. The van der Waals surface area contributed by atoms with Gasteiger partial charge in [-0.3, -0.25) is 5.32 Å². The lowest BCUT2D eigenvalue weighted by Crippen LogP contribution is -2.46. The maximum atomic E-state index is 13.9. The first kappa shape index (κ1) is 18.4. The van der Waals surface area contributed by atoms with Gasteiger partial charge in [0.2, 0.25) is 5.11 Å². The summed E-state index contributed by atoms with van der Waals surface area (Å²) >= 11 is 10.6. The van der Waals surface area contributed by atoms with E-state index in [1.54, 1.807) is 17.0 Å². The number of likely N-dealkylation sites (tertiary alicyclic amines) is 1. The molecule has 1 aliphatic rings. The molecule has 5 N–H and O–H groups in total. The number of nitrogens with two attached hydrogens (primary N) is 2. The third-order valence-corrected chi connectivity index (χ3v) is 4.30. The van der Waals surface area contributed by atoms with Gasteiger partial charge >= 0.3 is 6.03 Å². The molecule has 9 heteroatoms. The van der Waals surface area contributed by atoms with Crippen LogP contribution in [0.15, 0.2) is 23.2 Å². The van der Waals surface area contributed by atoms with Crippen molar-refractivity contribution in [3.8, 4) is 0 Å². The van der Waals surface area contributed by atoms with Gasteiger partial charge in [0.15, 0.2) is 5.96 Å². The van der Waals surface area contributed by atoms with Crippen molar-refractivity contribution in [2.75, 3.05) is 13.1 Å². The first-order valence-electron chi connectivity index (χ1n) is 7.48. The Kier molecular flexibility index (Phi) is 6.33. The smallest absolute Gasteiger partial charge is 0.323 e. The molecule has 0 aliphatic carbocycles. The van der Waals surface area contributed by atoms with E-state index in [-0.39, 0.29) is 22.9 Å². The van der Waals surface area contributed by atoms with Crippen LogP contribution in [0.2, 0.25) is 5.02 Å². The molecule has 6 nitrogen and oxygen atoms in total. The van der Waals surface area contributed by atoms with Crippen LogP contribution in [-0.2, 0) is 6.42 Å². The molecule has 1 aliphatic heterocycles. The molecule has 24 heavy (non-hydrogen) atoms. The number of piperidine rings is 1. The zero-order chi connectivity index (χ0) is 17.7. The second kappa shape index (κ2) is 8.25. The maximum absolute atomic E-state index is 13.9. The zero-order valence-corrected chi connectivity index (χ0v) is 14.5. The van der Waals surface area contributed by atoms with Gasteiger partial charge in [0.25, 0.3) is 0 Å². The van der Waals surface area contributed by atoms with E-state index in [0.29, 0.717) is 36.0 Å². The van der Waals surface area contributed by atoms with Gasteiger partial charge in [0.05, 0.1) is 0 Å². The fourth-order valence-electron chi connectivity index (χ4n) is 2.65. The molecule has 0 spiro atoms. The highest BCUT2D eigenvalue weighted by molar-refractivity contribution is 7.80. The molecule has 0 aromatic heterocycles. The van der Waals surface area contributed by atoms with Gasteiger partial charge in [-0.2, -0.15) is 4.99 Å². The number of benzene rings is 1. The van der Waals surface area contributed by atoms with Crippen LogP contribution in [0.3, 0.4) is 0 Å². The molecule has 2 rings (SSSR count). The summed E-state index contributed by atoms with van der Waals surface area (Å²) in [7, 11) is 0. The lowest BCUT2D eigenvalue weighted by atomic mass is 9.90. The van der Waals surface area contributed by atoms with E-state index in [2.05, 4.69) is 10.3 Å². The van der Waals surface area contributed by atoms with Crippen LogP contribution in [-0.4, -0.2) is 35.1 Å². The number of hydrogen-bond acceptors (Lipinski definition) is 2. The third kappa shape index (κ3) is 5.31. The van der Waals surface area contributed by atoms with E-state index in [4.69, 9.17) is 35.3 Å². The highest BCUT2D eigenvalue weighted by Gasteiger charge is 2.24. The number of amides is 2. The van der Waals surface area contributed by atoms with Crippen molar-refractivity contribution < 1.29 is 9.18 Å². The molecular weight excluding hydrogens is 353 g/mol. The van der Waals surface area contributed by atoms with Crippen molar-refractivity contribution >= 4 is 40.9 Å². The lowest BCUT2D eigenvalue weighted by molar-refractivity contribution is 0.174. The monoisotopic (exact) mass is 371 g/mol. The van der Waals surface area contributed by atoms with Crippen LogP contribution in [0.5, 0.6) is 0 Å². The van der Waals surface area contributed by atoms with Crippen LogP contribution < -0.4 is 16.8 Å². The molecule has 1 aromatic carbocycles. The van der Waals surface area contributed by atoms with Crippen LogP contribution in [0.25, 0.3) is 0 Å². The van der Waals surface area contributed by atoms with Crippen LogP contribution >= 0.6 is 23.8 Å². The number of thiocarbonyl (C=S) groups is 1. The van der Waals surface area contributed by atoms with Crippen molar-refractivity contribution in [2.24, 2.45) is 22.4 Å². The number of nitrogens with zero attached hydrogens (tertiary/aromatic N) is 2. The van der Waals surface area contributed by atoms with Crippen LogP contribution in [0.1, 0.15) is 18.4 Å². The number of carbonyl (C=O) groups is 1. The quantitative estimate of drug-likeness (QED) is 0.421. The summed E-state index contributed by atoms with van der Waals surface area (Å²) in [5.74, 6) is -0.177. The van der Waals surface area contributed by atoms with Gasteiger partial charge in [-0.05, 0) is 55.1 Å². The summed E-state index contributed by atoms with van der Waals surface area (Å²) in [4.78, 5) is 17.3. The van der Waals surface area contributed by atoms with E-state index < -0.39 is 0 Å². The fraction of sp³-hybridized carbons (Fsp3) is 0.400. The minimum atomic E-state index is -0.332. The van der Waals surface area contributed by atoms with E-state index in [1.807, 2.05) is 0 Å².